The van der Waals surface area contributed by atoms with Crippen LogP contribution in [0, 0.1) is 6.92 Å². The Hall–Kier alpha value is -9.05. The molecular weight excluding hydrogens is 1470 g/mol. The molecule has 0 amide bonds. The SMILES string of the molecule is CCN[C@]1(c2cccc(O)c2)CCCCC1=O.CCN[C@]1(c2cccc(OC)c2)CCCCC1=O.CCN[C@]1(c2ccccc2)CCCCC1=O.CN[C@]1(c2ccc(OC)cc2)CCCCC1=O.CN[C@]1(c2cccc(O)c2)CCCCC1=O.CN[C@]1(c2cccc(OC)c2)CCCCC1=O.CN[C@]1(c2ccccc2C)CCCCC1=O. The first-order valence-corrected chi connectivity index (χ1v) is 42.9. The highest BCUT2D eigenvalue weighted by Gasteiger charge is 2.46. The van der Waals surface area contributed by atoms with Gasteiger partial charge in [0.1, 0.15) is 67.5 Å². The summed E-state index contributed by atoms with van der Waals surface area (Å²) in [5.74, 6) is 4.94. The van der Waals surface area contributed by atoms with E-state index in [2.05, 4.69) is 75.3 Å². The number of Topliss-reactive ketones (excluding diaryl/α,β-unsaturated/α-hetero) is 7. The van der Waals surface area contributed by atoms with Gasteiger partial charge in [-0.05, 0) is 250 Å². The van der Waals surface area contributed by atoms with Crippen molar-refractivity contribution in [1.82, 2.24) is 37.2 Å². The minimum absolute atomic E-state index is 0.213. The number of methoxy groups -OCH3 is 3. The molecule has 14 rings (SSSR count). The Balaban J connectivity index is 0.000000170. The highest BCUT2D eigenvalue weighted by molar-refractivity contribution is 5.94. The zero-order valence-electron chi connectivity index (χ0n) is 71.6. The van der Waals surface area contributed by atoms with Crippen molar-refractivity contribution < 1.29 is 58.0 Å². The van der Waals surface area contributed by atoms with Gasteiger partial charge in [0.15, 0.2) is 40.5 Å². The number of hydrogen-bond donors (Lipinski definition) is 9. The van der Waals surface area contributed by atoms with E-state index in [9.17, 15) is 43.8 Å². The van der Waals surface area contributed by atoms with Crippen molar-refractivity contribution in [3.8, 4) is 28.7 Å². The molecule has 19 heteroatoms. The number of hydrogen-bond acceptors (Lipinski definition) is 19. The predicted molar refractivity (Wildman–Crippen MR) is 466 cm³/mol. The molecule has 0 heterocycles. The van der Waals surface area contributed by atoms with E-state index in [1.807, 2.05) is 157 Å². The quantitative estimate of drug-likeness (QED) is 0.0343. The molecule has 7 aromatic rings. The molecule has 7 atom stereocenters. The number of phenols is 2. The van der Waals surface area contributed by atoms with Crippen molar-refractivity contribution in [3.05, 3.63) is 220 Å². The molecule has 7 aromatic carbocycles. The molecule has 19 nitrogen and oxygen atoms in total. The van der Waals surface area contributed by atoms with Gasteiger partial charge in [0.05, 0.1) is 21.3 Å². The number of aryl methyl sites for hydroxylation is 1. The van der Waals surface area contributed by atoms with Gasteiger partial charge < -0.3 is 61.6 Å². The maximum atomic E-state index is 12.4. The third-order valence-corrected chi connectivity index (χ3v) is 25.2. The average Bonchev–Trinajstić information content (AvgIpc) is 0.817. The zero-order chi connectivity index (χ0) is 84.5. The minimum Gasteiger partial charge on any atom is -0.508 e. The van der Waals surface area contributed by atoms with Crippen molar-refractivity contribution in [2.45, 2.75) is 246 Å². The molecule has 0 aliphatic heterocycles. The van der Waals surface area contributed by atoms with Gasteiger partial charge in [-0.3, -0.25) is 33.6 Å². The van der Waals surface area contributed by atoms with Gasteiger partial charge in [-0.15, -0.1) is 0 Å². The van der Waals surface area contributed by atoms with Crippen LogP contribution in [0.1, 0.15) is 245 Å². The number of rotatable bonds is 20. The van der Waals surface area contributed by atoms with Gasteiger partial charge in [-0.25, -0.2) is 0 Å². The second kappa shape index (κ2) is 45.2. The maximum absolute atomic E-state index is 12.4. The van der Waals surface area contributed by atoms with Crippen LogP contribution >= 0.6 is 0 Å². The van der Waals surface area contributed by atoms with Gasteiger partial charge in [0.2, 0.25) is 0 Å². The van der Waals surface area contributed by atoms with Crippen LogP contribution in [0.5, 0.6) is 28.7 Å². The topological polar surface area (TPSA) is 272 Å². The number of phenolic OH excluding ortho intramolecular Hbond substituents is 2. The summed E-state index contributed by atoms with van der Waals surface area (Å²) in [5, 5.41) is 42.1. The Morgan fingerprint density at radius 1 is 0.282 bits per heavy atom. The Kier molecular flexibility index (Phi) is 36.1. The van der Waals surface area contributed by atoms with Crippen LogP contribution in [0.4, 0.5) is 0 Å². The van der Waals surface area contributed by atoms with Gasteiger partial charge >= 0.3 is 0 Å². The summed E-state index contributed by atoms with van der Waals surface area (Å²) in [6.07, 6.45) is 25.5. The predicted octanol–water partition coefficient (Wildman–Crippen LogP) is 16.6. The van der Waals surface area contributed by atoms with Crippen LogP contribution in [0.2, 0.25) is 0 Å². The molecule has 0 unspecified atom stereocenters. The van der Waals surface area contributed by atoms with Crippen LogP contribution in [0.15, 0.2) is 176 Å². The lowest BCUT2D eigenvalue weighted by Gasteiger charge is -2.37. The number of ether oxygens (including phenoxy) is 3. The van der Waals surface area contributed by atoms with Gasteiger partial charge in [-0.1, -0.05) is 181 Å². The van der Waals surface area contributed by atoms with Crippen LogP contribution in [0.3, 0.4) is 0 Å². The van der Waals surface area contributed by atoms with Crippen molar-refractivity contribution >= 4 is 40.5 Å². The third kappa shape index (κ3) is 22.3. The number of carbonyl (C=O) groups is 7. The fourth-order valence-electron chi connectivity index (χ4n) is 18.7. The van der Waals surface area contributed by atoms with Gasteiger partial charge in [-0.2, -0.15) is 0 Å². The molecule has 7 fully saturated rings. The minimum atomic E-state index is -0.586. The first-order chi connectivity index (χ1) is 56.5. The van der Waals surface area contributed by atoms with Crippen molar-refractivity contribution in [1.29, 1.82) is 0 Å². The first-order valence-electron chi connectivity index (χ1n) is 42.9. The fourth-order valence-corrected chi connectivity index (χ4v) is 18.7. The van der Waals surface area contributed by atoms with Crippen LogP contribution in [0.25, 0.3) is 0 Å². The van der Waals surface area contributed by atoms with E-state index in [-0.39, 0.29) is 23.1 Å². The second-order valence-electron chi connectivity index (χ2n) is 31.8. The lowest BCUT2D eigenvalue weighted by molar-refractivity contribution is -0.128. The smallest absolute Gasteiger partial charge is 0.157 e. The summed E-state index contributed by atoms with van der Waals surface area (Å²) in [4.78, 5) is 85.7. The maximum Gasteiger partial charge on any atom is 0.157 e. The van der Waals surface area contributed by atoms with Crippen molar-refractivity contribution in [3.63, 3.8) is 0 Å². The van der Waals surface area contributed by atoms with Gasteiger partial charge in [0.25, 0.3) is 0 Å². The summed E-state index contributed by atoms with van der Waals surface area (Å²) < 4.78 is 15.6. The molecule has 0 aromatic heterocycles. The Bertz CT molecular complexity index is 4350. The largest absolute Gasteiger partial charge is 0.508 e. The van der Waals surface area contributed by atoms with E-state index < -0.39 is 38.8 Å². The average molecular weight is 1600 g/mol. The van der Waals surface area contributed by atoms with Crippen LogP contribution in [-0.4, -0.2) is 120 Å². The zero-order valence-corrected chi connectivity index (χ0v) is 71.6. The molecule has 0 spiro atoms. The summed E-state index contributed by atoms with van der Waals surface area (Å²) in [6.45, 7) is 10.6. The summed E-state index contributed by atoms with van der Waals surface area (Å²) >= 11 is 0. The van der Waals surface area contributed by atoms with E-state index in [4.69, 9.17) is 14.2 Å². The lowest BCUT2D eigenvalue weighted by Crippen LogP contribution is -2.50. The molecule has 0 saturated heterocycles. The Labute approximate surface area is 696 Å². The fraction of sp³-hybridized carbons (Fsp3) is 0.500. The second-order valence-corrected chi connectivity index (χ2v) is 31.8. The summed E-state index contributed by atoms with van der Waals surface area (Å²) in [6, 6.07) is 55.8. The molecule has 9 N–H and O–H groups in total. The normalized spacial score (nSPS) is 25.0. The molecule has 7 saturated carbocycles. The van der Waals surface area contributed by atoms with E-state index >= 15 is 0 Å². The molecule has 7 aliphatic rings. The number of benzene rings is 7. The Morgan fingerprint density at radius 2 is 0.547 bits per heavy atom. The molecule has 117 heavy (non-hydrogen) atoms. The number of ketones is 7. The van der Waals surface area contributed by atoms with Crippen LogP contribution in [-0.2, 0) is 72.3 Å². The summed E-state index contributed by atoms with van der Waals surface area (Å²) in [5.41, 5.74) is 4.86. The number of carbonyl (C=O) groups excluding carboxylic acids is 7. The van der Waals surface area contributed by atoms with Crippen molar-refractivity contribution in [2.75, 3.05) is 69.2 Å². The highest BCUT2D eigenvalue weighted by atomic mass is 16.5. The first kappa shape index (κ1) is 93.4. The van der Waals surface area contributed by atoms with E-state index in [0.29, 0.717) is 73.9 Å². The molecule has 0 bridgehead atoms. The molecule has 7 aliphatic carbocycles. The highest BCUT2D eigenvalue weighted by Crippen LogP contribution is 2.42. The van der Waals surface area contributed by atoms with E-state index in [0.717, 1.165) is 211 Å². The molecular formula is C98H133N7O12. The van der Waals surface area contributed by atoms with E-state index in [1.165, 1.54) is 5.56 Å². The standard InChI is InChI=1S/C15H21NO2.3C14H19NO2.2C14H19NO.C13H17NO2/c1-3-16-15(10-5-4-9-14(15)17)12-7-6-8-13(11-12)18-2;1-15-14(9-4-3-8-13(14)16)11-6-5-7-12(10-11)17-2;1-15-14(10-4-3-5-13(14)16)11-6-8-12(17-2)9-7-11;1-2-15-14(9-4-3-8-13(14)17)11-6-5-7-12(16)10-11;1-11-7-3-4-8-12(11)14(15-2)10-6-5-9-13(14)16;1-2-15-14(11-7-6-10-13(14)16)12-8-4-3-5-9-12;1-14-13(8-3-2-7-12(13)16)10-5-4-6-11(15)9-10/h6-8,11,16H,3-5,9-10H2,1-2H3;5-7,10,15H,3-4,8-9H2,1-2H3;6-9,15H,3-5,10H2,1-2H3;5-7,10,15-16H,2-4,8-9H2,1H3;3-4,7-8,15H,5-6,9-10H2,1-2H3;3-5,8-9,15H,2,6-7,10-11H2,1H3;4-6,9,14-15H,2-3,7-8H2,1H3/t15-;5*14-;13-/m0000000/s1. The number of nitrogens with one attached hydrogen (secondary N) is 7. The number of likely N-dealkylation sites (N-methyl/N-ethyl adjacent to an activating group) is 7. The van der Waals surface area contributed by atoms with Gasteiger partial charge in [0, 0.05) is 44.9 Å². The molecule has 0 radical (unpaired) electrons. The summed E-state index contributed by atoms with van der Waals surface area (Å²) in [7, 11) is 12.4. The third-order valence-electron chi connectivity index (χ3n) is 25.2. The molecule has 632 valence electrons. The monoisotopic (exact) mass is 1600 g/mol. The Morgan fingerprint density at radius 3 is 0.863 bits per heavy atom. The van der Waals surface area contributed by atoms with Crippen LogP contribution < -0.4 is 51.4 Å². The van der Waals surface area contributed by atoms with E-state index in [1.54, 1.807) is 57.7 Å². The number of aromatic hydroxyl groups is 2. The lowest BCUT2D eigenvalue weighted by atomic mass is 9.74. The van der Waals surface area contributed by atoms with Crippen molar-refractivity contribution in [2.24, 2.45) is 0 Å².